The zero-order valence-electron chi connectivity index (χ0n) is 14.7. The molecule has 24 heavy (non-hydrogen) atoms. The molecule has 3 rings (SSSR count). The first-order chi connectivity index (χ1) is 11.6. The van der Waals surface area contributed by atoms with Crippen LogP contribution in [0.5, 0.6) is 0 Å². The van der Waals surface area contributed by atoms with Gasteiger partial charge in [0.25, 0.3) is 0 Å². The van der Waals surface area contributed by atoms with E-state index in [4.69, 9.17) is 0 Å². The van der Waals surface area contributed by atoms with Gasteiger partial charge in [0.1, 0.15) is 0 Å². The van der Waals surface area contributed by atoms with Gasteiger partial charge in [0, 0.05) is 6.42 Å². The SMILES string of the molecule is CC(NC(=O)CC(C)C1CCCNC1)c1cccc2ccccc12. The van der Waals surface area contributed by atoms with Gasteiger partial charge in [-0.05, 0) is 61.0 Å². The molecule has 1 heterocycles. The van der Waals surface area contributed by atoms with E-state index in [1.165, 1.54) is 29.2 Å². The number of rotatable bonds is 5. The van der Waals surface area contributed by atoms with Gasteiger partial charge in [0.2, 0.25) is 5.91 Å². The van der Waals surface area contributed by atoms with Crippen molar-refractivity contribution >= 4 is 16.7 Å². The molecular formula is C21H28N2O. The fourth-order valence-electron chi connectivity index (χ4n) is 3.83. The van der Waals surface area contributed by atoms with Crippen LogP contribution in [0.3, 0.4) is 0 Å². The van der Waals surface area contributed by atoms with Gasteiger partial charge in [0.15, 0.2) is 0 Å². The van der Waals surface area contributed by atoms with Crippen LogP contribution in [0, 0.1) is 11.8 Å². The summed E-state index contributed by atoms with van der Waals surface area (Å²) in [6.45, 7) is 6.45. The quantitative estimate of drug-likeness (QED) is 0.871. The van der Waals surface area contributed by atoms with Gasteiger partial charge < -0.3 is 10.6 Å². The number of hydrogen-bond donors (Lipinski definition) is 2. The van der Waals surface area contributed by atoms with Crippen molar-refractivity contribution in [3.05, 3.63) is 48.0 Å². The van der Waals surface area contributed by atoms with Crippen LogP contribution in [0.4, 0.5) is 0 Å². The van der Waals surface area contributed by atoms with E-state index in [0.717, 1.165) is 13.1 Å². The molecule has 2 N–H and O–H groups in total. The smallest absolute Gasteiger partial charge is 0.220 e. The Balaban J connectivity index is 1.63. The zero-order valence-corrected chi connectivity index (χ0v) is 14.7. The van der Waals surface area contributed by atoms with Crippen molar-refractivity contribution in [2.45, 2.75) is 39.2 Å². The normalized spacial score (nSPS) is 20.5. The second-order valence-corrected chi connectivity index (χ2v) is 7.15. The highest BCUT2D eigenvalue weighted by molar-refractivity contribution is 5.86. The summed E-state index contributed by atoms with van der Waals surface area (Å²) in [6.07, 6.45) is 3.07. The first-order valence-electron chi connectivity index (χ1n) is 9.13. The summed E-state index contributed by atoms with van der Waals surface area (Å²) in [7, 11) is 0. The van der Waals surface area contributed by atoms with E-state index in [1.54, 1.807) is 0 Å². The highest BCUT2D eigenvalue weighted by Gasteiger charge is 2.22. The molecule has 3 heteroatoms. The molecule has 128 valence electrons. The summed E-state index contributed by atoms with van der Waals surface area (Å²) in [4.78, 5) is 12.5. The Labute approximate surface area is 144 Å². The Morgan fingerprint density at radius 3 is 2.79 bits per heavy atom. The van der Waals surface area contributed by atoms with Crippen LogP contribution in [-0.4, -0.2) is 19.0 Å². The molecule has 2 aromatic carbocycles. The Kier molecular flexibility index (Phi) is 5.52. The van der Waals surface area contributed by atoms with Crippen LogP contribution < -0.4 is 10.6 Å². The molecule has 0 saturated carbocycles. The second kappa shape index (κ2) is 7.80. The molecule has 1 saturated heterocycles. The number of carbonyl (C=O) groups excluding carboxylic acids is 1. The van der Waals surface area contributed by atoms with Crippen LogP contribution in [0.15, 0.2) is 42.5 Å². The molecule has 3 unspecified atom stereocenters. The number of nitrogens with one attached hydrogen (secondary N) is 2. The summed E-state index contributed by atoms with van der Waals surface area (Å²) in [5, 5.41) is 9.08. The van der Waals surface area contributed by atoms with E-state index in [-0.39, 0.29) is 11.9 Å². The standard InChI is InChI=1S/C21H28N2O/c1-15(18-9-6-12-22-14-18)13-21(24)23-16(2)19-11-5-8-17-7-3-4-10-20(17)19/h3-5,7-8,10-11,15-16,18,22H,6,9,12-14H2,1-2H3,(H,23,24). The van der Waals surface area contributed by atoms with Crippen molar-refractivity contribution in [2.24, 2.45) is 11.8 Å². The molecule has 0 radical (unpaired) electrons. The summed E-state index contributed by atoms with van der Waals surface area (Å²) in [5.74, 6) is 1.21. The molecule has 1 amide bonds. The number of hydrogen-bond acceptors (Lipinski definition) is 2. The van der Waals surface area contributed by atoms with E-state index >= 15 is 0 Å². The van der Waals surface area contributed by atoms with E-state index in [9.17, 15) is 4.79 Å². The topological polar surface area (TPSA) is 41.1 Å². The molecule has 0 aromatic heterocycles. The van der Waals surface area contributed by atoms with Gasteiger partial charge in [-0.15, -0.1) is 0 Å². The van der Waals surface area contributed by atoms with Crippen LogP contribution >= 0.6 is 0 Å². The Morgan fingerprint density at radius 1 is 1.21 bits per heavy atom. The first kappa shape index (κ1) is 17.0. The molecule has 3 atom stereocenters. The maximum atomic E-state index is 12.5. The summed E-state index contributed by atoms with van der Waals surface area (Å²) in [5.41, 5.74) is 1.19. The summed E-state index contributed by atoms with van der Waals surface area (Å²) in [6, 6.07) is 14.7. The van der Waals surface area contributed by atoms with Gasteiger partial charge in [0.05, 0.1) is 6.04 Å². The minimum absolute atomic E-state index is 0.0280. The van der Waals surface area contributed by atoms with Crippen molar-refractivity contribution in [1.29, 1.82) is 0 Å². The lowest BCUT2D eigenvalue weighted by atomic mass is 9.85. The predicted molar refractivity (Wildman–Crippen MR) is 99.9 cm³/mol. The molecule has 3 nitrogen and oxygen atoms in total. The lowest BCUT2D eigenvalue weighted by molar-refractivity contribution is -0.123. The van der Waals surface area contributed by atoms with Gasteiger partial charge in [-0.2, -0.15) is 0 Å². The highest BCUT2D eigenvalue weighted by Crippen LogP contribution is 2.25. The van der Waals surface area contributed by atoms with E-state index in [2.05, 4.69) is 66.9 Å². The van der Waals surface area contributed by atoms with E-state index in [1.807, 2.05) is 0 Å². The molecule has 0 aliphatic carbocycles. The number of benzene rings is 2. The maximum Gasteiger partial charge on any atom is 0.220 e. The molecule has 1 aliphatic heterocycles. The lowest BCUT2D eigenvalue weighted by Crippen LogP contribution is -2.36. The number of amides is 1. The molecule has 1 aliphatic rings. The Hall–Kier alpha value is -1.87. The van der Waals surface area contributed by atoms with Crippen molar-refractivity contribution in [1.82, 2.24) is 10.6 Å². The fourth-order valence-corrected chi connectivity index (χ4v) is 3.83. The number of fused-ring (bicyclic) bond motifs is 1. The Bertz CT molecular complexity index is 686. The number of piperidine rings is 1. The van der Waals surface area contributed by atoms with Crippen LogP contribution in [-0.2, 0) is 4.79 Å². The molecule has 2 aromatic rings. The largest absolute Gasteiger partial charge is 0.350 e. The monoisotopic (exact) mass is 324 g/mol. The minimum Gasteiger partial charge on any atom is -0.350 e. The third-order valence-corrected chi connectivity index (χ3v) is 5.31. The average molecular weight is 324 g/mol. The first-order valence-corrected chi connectivity index (χ1v) is 9.13. The van der Waals surface area contributed by atoms with Gasteiger partial charge in [-0.25, -0.2) is 0 Å². The Morgan fingerprint density at radius 2 is 2.00 bits per heavy atom. The third kappa shape index (κ3) is 3.96. The van der Waals surface area contributed by atoms with E-state index in [0.29, 0.717) is 18.3 Å². The highest BCUT2D eigenvalue weighted by atomic mass is 16.1. The van der Waals surface area contributed by atoms with Gasteiger partial charge in [-0.3, -0.25) is 4.79 Å². The van der Waals surface area contributed by atoms with Crippen LogP contribution in [0.25, 0.3) is 10.8 Å². The molecule has 0 bridgehead atoms. The second-order valence-electron chi connectivity index (χ2n) is 7.15. The van der Waals surface area contributed by atoms with Gasteiger partial charge in [-0.1, -0.05) is 49.4 Å². The lowest BCUT2D eigenvalue weighted by Gasteiger charge is -2.28. The van der Waals surface area contributed by atoms with Crippen LogP contribution in [0.2, 0.25) is 0 Å². The van der Waals surface area contributed by atoms with Crippen molar-refractivity contribution < 1.29 is 4.79 Å². The summed E-state index contributed by atoms with van der Waals surface area (Å²) < 4.78 is 0. The molecule has 1 fully saturated rings. The molecular weight excluding hydrogens is 296 g/mol. The van der Waals surface area contributed by atoms with Crippen LogP contribution in [0.1, 0.15) is 44.7 Å². The fraction of sp³-hybridized carbons (Fsp3) is 0.476. The van der Waals surface area contributed by atoms with Crippen molar-refractivity contribution in [3.8, 4) is 0 Å². The maximum absolute atomic E-state index is 12.5. The van der Waals surface area contributed by atoms with E-state index < -0.39 is 0 Å². The van der Waals surface area contributed by atoms with Gasteiger partial charge >= 0.3 is 0 Å². The van der Waals surface area contributed by atoms with Crippen molar-refractivity contribution in [2.75, 3.05) is 13.1 Å². The number of carbonyl (C=O) groups is 1. The van der Waals surface area contributed by atoms with Crippen molar-refractivity contribution in [3.63, 3.8) is 0 Å². The molecule has 0 spiro atoms. The average Bonchev–Trinajstić information content (AvgIpc) is 2.61. The predicted octanol–water partition coefficient (Wildman–Crippen LogP) is 4.04. The third-order valence-electron chi connectivity index (χ3n) is 5.31. The minimum atomic E-state index is 0.0280. The zero-order chi connectivity index (χ0) is 16.9. The summed E-state index contributed by atoms with van der Waals surface area (Å²) >= 11 is 0.